The number of nitrogens with one attached hydrogen (secondary N) is 1. The Kier molecular flexibility index (Phi) is 5.48. The molecule has 0 radical (unpaired) electrons. The fraction of sp³-hybridized carbons (Fsp3) is 0.700. The van der Waals surface area contributed by atoms with Crippen LogP contribution in [0.3, 0.4) is 0 Å². The molecule has 1 unspecified atom stereocenters. The number of H-pyrrole nitrogens is 1. The van der Waals surface area contributed by atoms with Gasteiger partial charge in [-0.1, -0.05) is 6.42 Å². The molecule has 2 aromatic heterocycles. The van der Waals surface area contributed by atoms with Gasteiger partial charge in [0, 0.05) is 30.4 Å². The summed E-state index contributed by atoms with van der Waals surface area (Å²) in [5, 5.41) is 2.88. The van der Waals surface area contributed by atoms with Crippen LogP contribution in [0.4, 0.5) is 0 Å². The first-order chi connectivity index (χ1) is 13.5. The quantitative estimate of drug-likeness (QED) is 0.867. The Morgan fingerprint density at radius 2 is 1.82 bits per heavy atom. The summed E-state index contributed by atoms with van der Waals surface area (Å²) in [4.78, 5) is 38.8. The third kappa shape index (κ3) is 3.70. The summed E-state index contributed by atoms with van der Waals surface area (Å²) in [6, 6.07) is 0.240. The lowest BCUT2D eigenvalue weighted by Crippen LogP contribution is -2.46. The van der Waals surface area contributed by atoms with E-state index >= 15 is 0 Å². The Morgan fingerprint density at radius 1 is 1.07 bits per heavy atom. The van der Waals surface area contributed by atoms with Crippen molar-refractivity contribution in [1.82, 2.24) is 29.4 Å². The molecular formula is C20H30N6O2. The molecule has 2 aromatic rings. The van der Waals surface area contributed by atoms with E-state index in [1.54, 1.807) is 13.8 Å². The molecule has 4 heterocycles. The van der Waals surface area contributed by atoms with Gasteiger partial charge in [0.25, 0.3) is 17.2 Å². The monoisotopic (exact) mass is 386 g/mol. The van der Waals surface area contributed by atoms with Gasteiger partial charge in [0.2, 0.25) is 5.82 Å². The molecule has 1 atom stereocenters. The third-order valence-electron chi connectivity index (χ3n) is 6.28. The van der Waals surface area contributed by atoms with Crippen molar-refractivity contribution in [2.45, 2.75) is 64.8 Å². The van der Waals surface area contributed by atoms with E-state index in [0.29, 0.717) is 11.3 Å². The highest BCUT2D eigenvalue weighted by atomic mass is 16.2. The minimum absolute atomic E-state index is 0.122. The highest BCUT2D eigenvalue weighted by Gasteiger charge is 2.30. The molecule has 28 heavy (non-hydrogen) atoms. The van der Waals surface area contributed by atoms with Gasteiger partial charge in [0.1, 0.15) is 0 Å². The highest BCUT2D eigenvalue weighted by molar-refractivity contribution is 5.91. The van der Waals surface area contributed by atoms with E-state index in [1.165, 1.54) is 36.9 Å². The maximum absolute atomic E-state index is 13.2. The number of carbonyl (C=O) groups is 1. The van der Waals surface area contributed by atoms with E-state index in [2.05, 4.69) is 20.0 Å². The van der Waals surface area contributed by atoms with Crippen molar-refractivity contribution in [3.63, 3.8) is 0 Å². The number of aromatic amines is 1. The summed E-state index contributed by atoms with van der Waals surface area (Å²) in [7, 11) is 0. The van der Waals surface area contributed by atoms with Gasteiger partial charge in [-0.15, -0.1) is 0 Å². The summed E-state index contributed by atoms with van der Waals surface area (Å²) in [5.74, 6) is 0.348. The average Bonchev–Trinajstić information content (AvgIpc) is 3.15. The van der Waals surface area contributed by atoms with Gasteiger partial charge >= 0.3 is 0 Å². The average molecular weight is 387 g/mol. The maximum Gasteiger partial charge on any atom is 0.291 e. The van der Waals surface area contributed by atoms with Gasteiger partial charge in [-0.05, 0) is 65.5 Å². The Hall–Kier alpha value is -2.22. The second-order valence-electron chi connectivity index (χ2n) is 8.17. The number of carbonyl (C=O) groups excluding carboxylic acids is 1. The maximum atomic E-state index is 13.2. The Balaban J connectivity index is 1.52. The summed E-state index contributed by atoms with van der Waals surface area (Å²) in [6.45, 7) is 7.68. The van der Waals surface area contributed by atoms with Crippen molar-refractivity contribution in [3.8, 4) is 0 Å². The summed E-state index contributed by atoms with van der Waals surface area (Å²) >= 11 is 0. The topological polar surface area (TPSA) is 86.6 Å². The van der Waals surface area contributed by atoms with E-state index in [1.807, 2.05) is 4.90 Å². The van der Waals surface area contributed by atoms with Crippen molar-refractivity contribution in [2.24, 2.45) is 0 Å². The number of fused-ring (bicyclic) bond motifs is 1. The molecule has 0 saturated carbocycles. The number of hydrogen-bond donors (Lipinski definition) is 1. The molecule has 0 aliphatic carbocycles. The minimum atomic E-state index is -0.200. The number of aromatic nitrogens is 4. The van der Waals surface area contributed by atoms with Crippen LogP contribution in [0.25, 0.3) is 5.78 Å². The van der Waals surface area contributed by atoms with E-state index in [0.717, 1.165) is 38.8 Å². The Morgan fingerprint density at radius 3 is 2.61 bits per heavy atom. The van der Waals surface area contributed by atoms with E-state index in [4.69, 9.17) is 0 Å². The van der Waals surface area contributed by atoms with Crippen LogP contribution in [0.1, 0.15) is 66.8 Å². The van der Waals surface area contributed by atoms with Gasteiger partial charge in [-0.2, -0.15) is 9.50 Å². The van der Waals surface area contributed by atoms with Crippen LogP contribution in [0.5, 0.6) is 0 Å². The standard InChI is InChI=1S/C20H30N6O2/c1-14-15(2)21-20-22-17(23-26(20)18(14)27)19(28)25-12-7-4-8-16(25)9-13-24-10-5-3-6-11-24/h16H,3-13H2,1-2H3,(H,21,22,23). The van der Waals surface area contributed by atoms with Crippen LogP contribution in [0, 0.1) is 13.8 Å². The lowest BCUT2D eigenvalue weighted by atomic mass is 9.98. The molecular weight excluding hydrogens is 356 g/mol. The number of nitrogens with zero attached hydrogens (tertiary/aromatic N) is 5. The summed E-state index contributed by atoms with van der Waals surface area (Å²) in [5.41, 5.74) is 1.01. The normalized spacial score (nSPS) is 21.4. The molecule has 0 bridgehead atoms. The molecule has 2 fully saturated rings. The van der Waals surface area contributed by atoms with Gasteiger partial charge < -0.3 is 9.80 Å². The molecule has 8 nitrogen and oxygen atoms in total. The molecule has 2 aliphatic rings. The molecule has 8 heteroatoms. The summed E-state index contributed by atoms with van der Waals surface area (Å²) in [6.07, 6.45) is 8.12. The lowest BCUT2D eigenvalue weighted by molar-refractivity contribution is 0.0567. The van der Waals surface area contributed by atoms with Crippen LogP contribution < -0.4 is 5.56 Å². The number of aryl methyl sites for hydroxylation is 1. The van der Waals surface area contributed by atoms with Gasteiger partial charge in [0.15, 0.2) is 0 Å². The number of likely N-dealkylation sites (tertiary alicyclic amines) is 2. The predicted octanol–water partition coefficient (Wildman–Crippen LogP) is 1.91. The minimum Gasteiger partial charge on any atom is -0.333 e. The smallest absolute Gasteiger partial charge is 0.291 e. The Bertz CT molecular complexity index is 911. The van der Waals surface area contributed by atoms with E-state index in [9.17, 15) is 9.59 Å². The molecule has 2 saturated heterocycles. The van der Waals surface area contributed by atoms with Crippen molar-refractivity contribution in [2.75, 3.05) is 26.2 Å². The highest BCUT2D eigenvalue weighted by Crippen LogP contribution is 2.22. The molecule has 0 aromatic carbocycles. The first-order valence-corrected chi connectivity index (χ1v) is 10.5. The first-order valence-electron chi connectivity index (χ1n) is 10.5. The number of piperidine rings is 2. The second kappa shape index (κ2) is 8.03. The first kappa shape index (κ1) is 19.1. The number of amides is 1. The molecule has 1 amide bonds. The van der Waals surface area contributed by atoms with Crippen molar-refractivity contribution in [3.05, 3.63) is 27.4 Å². The van der Waals surface area contributed by atoms with Crippen LogP contribution >= 0.6 is 0 Å². The molecule has 1 N–H and O–H groups in total. The van der Waals surface area contributed by atoms with Crippen LogP contribution in [0.15, 0.2) is 4.79 Å². The predicted molar refractivity (Wildman–Crippen MR) is 107 cm³/mol. The zero-order chi connectivity index (χ0) is 19.7. The number of hydrogen-bond acceptors (Lipinski definition) is 5. The van der Waals surface area contributed by atoms with Gasteiger partial charge in [-0.25, -0.2) is 4.98 Å². The molecule has 4 rings (SSSR count). The fourth-order valence-electron chi connectivity index (χ4n) is 4.42. The van der Waals surface area contributed by atoms with E-state index in [-0.39, 0.29) is 29.1 Å². The van der Waals surface area contributed by atoms with Crippen molar-refractivity contribution in [1.29, 1.82) is 0 Å². The van der Waals surface area contributed by atoms with Crippen LogP contribution in [-0.2, 0) is 0 Å². The third-order valence-corrected chi connectivity index (χ3v) is 6.28. The lowest BCUT2D eigenvalue weighted by Gasteiger charge is -2.37. The zero-order valence-electron chi connectivity index (χ0n) is 16.9. The largest absolute Gasteiger partial charge is 0.333 e. The molecule has 2 aliphatic heterocycles. The SMILES string of the molecule is Cc1nc2nc(C(=O)N3CCCCC3CCN3CCCCC3)[nH]n2c(=O)c1C. The second-order valence-corrected chi connectivity index (χ2v) is 8.17. The van der Waals surface area contributed by atoms with Crippen molar-refractivity contribution >= 4 is 11.7 Å². The van der Waals surface area contributed by atoms with E-state index < -0.39 is 0 Å². The summed E-state index contributed by atoms with van der Waals surface area (Å²) < 4.78 is 1.28. The molecule has 152 valence electrons. The van der Waals surface area contributed by atoms with Crippen LogP contribution in [0.2, 0.25) is 0 Å². The van der Waals surface area contributed by atoms with Crippen LogP contribution in [-0.4, -0.2) is 67.5 Å². The zero-order valence-corrected chi connectivity index (χ0v) is 16.9. The Labute approximate surface area is 164 Å². The molecule has 0 spiro atoms. The van der Waals surface area contributed by atoms with Crippen molar-refractivity contribution < 1.29 is 4.79 Å². The van der Waals surface area contributed by atoms with Gasteiger partial charge in [-0.3, -0.25) is 14.7 Å². The van der Waals surface area contributed by atoms with Gasteiger partial charge in [0.05, 0.1) is 0 Å². The fourth-order valence-corrected chi connectivity index (χ4v) is 4.42. The number of rotatable bonds is 4.